The van der Waals surface area contributed by atoms with Crippen molar-refractivity contribution in [3.63, 3.8) is 0 Å². The lowest BCUT2D eigenvalue weighted by Crippen LogP contribution is -2.29. The summed E-state index contributed by atoms with van der Waals surface area (Å²) in [5.41, 5.74) is 0. The van der Waals surface area contributed by atoms with E-state index in [0.29, 0.717) is 12.2 Å². The van der Waals surface area contributed by atoms with E-state index < -0.39 is 11.9 Å². The largest absolute Gasteiger partial charge is 0.501 e. The molecule has 7 nitrogen and oxygen atoms in total. The van der Waals surface area contributed by atoms with E-state index in [1.807, 2.05) is 19.0 Å². The number of aliphatic carboxylic acids is 2. The van der Waals surface area contributed by atoms with E-state index in [4.69, 9.17) is 14.9 Å². The van der Waals surface area contributed by atoms with Crippen molar-refractivity contribution in [2.45, 2.75) is 12.8 Å². The predicted molar refractivity (Wildman–Crippen MR) is 75.8 cm³/mol. The van der Waals surface area contributed by atoms with Crippen molar-refractivity contribution >= 4 is 17.7 Å². The Labute approximate surface area is 123 Å². The number of carboxylic acids is 2. The molecule has 0 aromatic carbocycles. The lowest BCUT2D eigenvalue weighted by molar-refractivity contribution is -0.134. The molecule has 0 saturated heterocycles. The molecule has 2 N–H and O–H groups in total. The molecule has 0 aliphatic heterocycles. The minimum absolute atomic E-state index is 0.161. The summed E-state index contributed by atoms with van der Waals surface area (Å²) >= 11 is 0. The maximum atomic E-state index is 11.5. The van der Waals surface area contributed by atoms with Crippen LogP contribution in [0.3, 0.4) is 0 Å². The van der Waals surface area contributed by atoms with Gasteiger partial charge in [0.25, 0.3) is 0 Å². The summed E-state index contributed by atoms with van der Waals surface area (Å²) in [5, 5.41) is 15.6. The van der Waals surface area contributed by atoms with Crippen LogP contribution in [0.25, 0.3) is 0 Å². The number of rotatable bonds is 5. The Bertz CT molecular complexity index is 423. The number of ether oxygens (including phenoxy) is 1. The van der Waals surface area contributed by atoms with Gasteiger partial charge in [-0.3, -0.25) is 4.79 Å². The molecule has 7 heteroatoms. The van der Waals surface area contributed by atoms with Gasteiger partial charge >= 0.3 is 11.9 Å². The molecule has 0 spiro atoms. The topological polar surface area (TPSA) is 104 Å². The van der Waals surface area contributed by atoms with E-state index in [-0.39, 0.29) is 11.7 Å². The van der Waals surface area contributed by atoms with Gasteiger partial charge in [0.1, 0.15) is 0 Å². The van der Waals surface area contributed by atoms with Crippen molar-refractivity contribution < 1.29 is 29.3 Å². The van der Waals surface area contributed by atoms with Gasteiger partial charge in [-0.15, -0.1) is 0 Å². The van der Waals surface area contributed by atoms with Crippen LogP contribution in [-0.2, 0) is 19.1 Å². The molecule has 1 aliphatic carbocycles. The molecule has 1 unspecified atom stereocenters. The highest BCUT2D eigenvalue weighted by atomic mass is 16.5. The molecule has 0 heterocycles. The summed E-state index contributed by atoms with van der Waals surface area (Å²) in [4.78, 5) is 32.7. The van der Waals surface area contributed by atoms with E-state index in [2.05, 4.69) is 0 Å². The van der Waals surface area contributed by atoms with Gasteiger partial charge in [0, 0.05) is 37.1 Å². The molecular weight excluding hydrogens is 278 g/mol. The predicted octanol–water partition coefficient (Wildman–Crippen LogP) is 0.769. The van der Waals surface area contributed by atoms with Crippen LogP contribution in [0.1, 0.15) is 12.8 Å². The third-order valence-electron chi connectivity index (χ3n) is 2.66. The molecular formula is C14H21NO6. The second-order valence-electron chi connectivity index (χ2n) is 4.72. The Morgan fingerprint density at radius 1 is 1.33 bits per heavy atom. The number of allylic oxidation sites excluding steroid dienone is 2. The second-order valence-corrected chi connectivity index (χ2v) is 4.72. The van der Waals surface area contributed by atoms with E-state index in [9.17, 15) is 14.4 Å². The smallest absolute Gasteiger partial charge is 0.328 e. The average molecular weight is 299 g/mol. The highest BCUT2D eigenvalue weighted by Crippen LogP contribution is 2.21. The normalized spacial score (nSPS) is 18.0. The summed E-state index contributed by atoms with van der Waals surface area (Å²) in [6.07, 6.45) is 4.56. The van der Waals surface area contributed by atoms with Crippen LogP contribution in [0.5, 0.6) is 0 Å². The minimum atomic E-state index is -1.26. The van der Waals surface area contributed by atoms with Crippen LogP contribution in [0.15, 0.2) is 24.0 Å². The zero-order chi connectivity index (χ0) is 16.4. The summed E-state index contributed by atoms with van der Waals surface area (Å²) in [7, 11) is 5.59. The number of methoxy groups -OCH3 is 1. The molecule has 0 fully saturated rings. The van der Waals surface area contributed by atoms with E-state index in [1.165, 1.54) is 0 Å². The van der Waals surface area contributed by atoms with Gasteiger partial charge < -0.3 is 19.8 Å². The van der Waals surface area contributed by atoms with Gasteiger partial charge in [0.2, 0.25) is 0 Å². The van der Waals surface area contributed by atoms with Gasteiger partial charge in [-0.2, -0.15) is 0 Å². The SMILES string of the molecule is COC1=CC(=O)C(CN(C)C)CC1.O=C(O)C=CC(=O)O. The fraction of sp³-hybridized carbons (Fsp3) is 0.500. The average Bonchev–Trinajstić information content (AvgIpc) is 2.39. The number of ketones is 1. The first-order valence-corrected chi connectivity index (χ1v) is 6.33. The van der Waals surface area contributed by atoms with E-state index in [1.54, 1.807) is 13.2 Å². The number of carbonyl (C=O) groups excluding carboxylic acids is 1. The Morgan fingerprint density at radius 3 is 2.19 bits per heavy atom. The molecule has 1 aliphatic rings. The Morgan fingerprint density at radius 2 is 1.86 bits per heavy atom. The van der Waals surface area contributed by atoms with Crippen LogP contribution >= 0.6 is 0 Å². The van der Waals surface area contributed by atoms with Crippen molar-refractivity contribution in [2.75, 3.05) is 27.7 Å². The zero-order valence-corrected chi connectivity index (χ0v) is 12.4. The molecule has 1 atom stereocenters. The molecule has 0 saturated carbocycles. The van der Waals surface area contributed by atoms with Gasteiger partial charge in [0.05, 0.1) is 12.9 Å². The third-order valence-corrected chi connectivity index (χ3v) is 2.66. The summed E-state index contributed by atoms with van der Waals surface area (Å²) in [6, 6.07) is 0. The molecule has 21 heavy (non-hydrogen) atoms. The fourth-order valence-electron chi connectivity index (χ4n) is 1.73. The summed E-state index contributed by atoms with van der Waals surface area (Å²) < 4.78 is 5.04. The standard InChI is InChI=1S/C10H17NO2.C4H4O4/c1-11(2)7-8-4-5-9(13-3)6-10(8)12;5-3(6)1-2-4(7)8/h6,8H,4-5,7H2,1-3H3;1-2H,(H,5,6)(H,7,8). The van der Waals surface area contributed by atoms with Crippen molar-refractivity contribution in [3.05, 3.63) is 24.0 Å². The van der Waals surface area contributed by atoms with Crippen molar-refractivity contribution in [1.29, 1.82) is 0 Å². The molecule has 0 radical (unpaired) electrons. The molecule has 0 aromatic rings. The third kappa shape index (κ3) is 9.39. The Kier molecular flexibility index (Phi) is 8.71. The number of carboxylic acid groups (broad SMARTS) is 2. The molecule has 1 rings (SSSR count). The number of carbonyl (C=O) groups is 3. The molecule has 0 aromatic heterocycles. The quantitative estimate of drug-likeness (QED) is 0.722. The first kappa shape index (κ1) is 18.9. The van der Waals surface area contributed by atoms with Gasteiger partial charge in [-0.25, -0.2) is 9.59 Å². The first-order valence-electron chi connectivity index (χ1n) is 6.33. The Balaban J connectivity index is 0.000000433. The number of nitrogens with zero attached hydrogens (tertiary/aromatic N) is 1. The van der Waals surface area contributed by atoms with Crippen LogP contribution < -0.4 is 0 Å². The lowest BCUT2D eigenvalue weighted by Gasteiger charge is -2.22. The van der Waals surface area contributed by atoms with Crippen LogP contribution in [-0.4, -0.2) is 60.6 Å². The maximum Gasteiger partial charge on any atom is 0.328 e. The van der Waals surface area contributed by atoms with Crippen LogP contribution in [0, 0.1) is 5.92 Å². The molecule has 0 bridgehead atoms. The van der Waals surface area contributed by atoms with Crippen molar-refractivity contribution in [2.24, 2.45) is 5.92 Å². The van der Waals surface area contributed by atoms with Gasteiger partial charge in [-0.1, -0.05) is 0 Å². The Hall–Kier alpha value is -2.15. The van der Waals surface area contributed by atoms with E-state index >= 15 is 0 Å². The number of hydrogen-bond acceptors (Lipinski definition) is 5. The van der Waals surface area contributed by atoms with Gasteiger partial charge in [0.15, 0.2) is 5.78 Å². The molecule has 118 valence electrons. The highest BCUT2D eigenvalue weighted by molar-refractivity contribution is 5.93. The van der Waals surface area contributed by atoms with E-state index in [0.717, 1.165) is 25.1 Å². The van der Waals surface area contributed by atoms with Gasteiger partial charge in [-0.05, 0) is 20.5 Å². The fourth-order valence-corrected chi connectivity index (χ4v) is 1.73. The number of hydrogen-bond donors (Lipinski definition) is 2. The lowest BCUT2D eigenvalue weighted by atomic mass is 9.92. The van der Waals surface area contributed by atoms with Crippen LogP contribution in [0.2, 0.25) is 0 Å². The monoisotopic (exact) mass is 299 g/mol. The van der Waals surface area contributed by atoms with Crippen LogP contribution in [0.4, 0.5) is 0 Å². The zero-order valence-electron chi connectivity index (χ0n) is 12.4. The maximum absolute atomic E-state index is 11.5. The second kappa shape index (κ2) is 9.71. The summed E-state index contributed by atoms with van der Waals surface area (Å²) in [6.45, 7) is 0.840. The highest BCUT2D eigenvalue weighted by Gasteiger charge is 2.22. The molecule has 0 amide bonds. The first-order chi connectivity index (χ1) is 9.76. The van der Waals surface area contributed by atoms with Crippen molar-refractivity contribution in [1.82, 2.24) is 4.90 Å². The van der Waals surface area contributed by atoms with Crippen molar-refractivity contribution in [3.8, 4) is 0 Å². The minimum Gasteiger partial charge on any atom is -0.501 e. The summed E-state index contributed by atoms with van der Waals surface area (Å²) in [5.74, 6) is -1.33.